The summed E-state index contributed by atoms with van der Waals surface area (Å²) in [5.74, 6) is 1.84. The normalized spacial score (nSPS) is 12.9. The van der Waals surface area contributed by atoms with Crippen LogP contribution in [0, 0.1) is 0 Å². The highest BCUT2D eigenvalue weighted by atomic mass is 16.5. The molecule has 0 bridgehead atoms. The third-order valence-corrected chi connectivity index (χ3v) is 15.3. The lowest BCUT2D eigenvalue weighted by molar-refractivity contribution is 0.447. The van der Waals surface area contributed by atoms with E-state index in [2.05, 4.69) is 254 Å². The van der Waals surface area contributed by atoms with Gasteiger partial charge in [0, 0.05) is 49.7 Å². The van der Waals surface area contributed by atoms with Gasteiger partial charge in [-0.1, -0.05) is 200 Å². The SMILES string of the molecule is c1ccc(-c2ccc(N(c3ccc(-c4ccc5c(c4)oc4ccccc45)cc3)c3cccc(-c4ccc5c(c4)C4(c6ccccc6-5)c5ccc6ccccc6c5Oc5c4ccc4ccccc54)c3)cc2)cc1. The lowest BCUT2D eigenvalue weighted by Gasteiger charge is -2.40. The van der Waals surface area contributed by atoms with E-state index in [1.54, 1.807) is 0 Å². The molecule has 15 rings (SSSR count). The maximum Gasteiger partial charge on any atom is 0.140 e. The van der Waals surface area contributed by atoms with Gasteiger partial charge in [0.1, 0.15) is 22.7 Å². The number of furan rings is 1. The molecule has 72 heavy (non-hydrogen) atoms. The smallest absolute Gasteiger partial charge is 0.140 e. The van der Waals surface area contributed by atoms with E-state index in [-0.39, 0.29) is 0 Å². The average molecular weight is 918 g/mol. The third kappa shape index (κ3) is 6.04. The summed E-state index contributed by atoms with van der Waals surface area (Å²) in [6.45, 7) is 0. The number of ether oxygens (including phenoxy) is 1. The molecule has 3 nitrogen and oxygen atoms in total. The van der Waals surface area contributed by atoms with Crippen LogP contribution in [-0.4, -0.2) is 0 Å². The predicted octanol–water partition coefficient (Wildman–Crippen LogP) is 18.8. The maximum absolute atomic E-state index is 7.25. The van der Waals surface area contributed by atoms with Gasteiger partial charge in [-0.15, -0.1) is 0 Å². The number of hydrogen-bond acceptors (Lipinski definition) is 3. The highest BCUT2D eigenvalue weighted by Crippen LogP contribution is 2.64. The van der Waals surface area contributed by atoms with E-state index in [0.717, 1.165) is 105 Å². The number of benzene rings is 12. The predicted molar refractivity (Wildman–Crippen MR) is 297 cm³/mol. The van der Waals surface area contributed by atoms with Gasteiger partial charge >= 0.3 is 0 Å². The molecule has 13 aromatic rings. The first kappa shape index (κ1) is 40.4. The number of nitrogens with zero attached hydrogens (tertiary/aromatic N) is 1. The summed E-state index contributed by atoms with van der Waals surface area (Å²) in [4.78, 5) is 2.37. The topological polar surface area (TPSA) is 25.6 Å². The molecule has 0 atom stereocenters. The summed E-state index contributed by atoms with van der Waals surface area (Å²) in [6, 6.07) is 94.8. The van der Waals surface area contributed by atoms with Crippen LogP contribution in [0.4, 0.5) is 17.1 Å². The summed E-state index contributed by atoms with van der Waals surface area (Å²) in [6.07, 6.45) is 0. The van der Waals surface area contributed by atoms with Crippen LogP contribution in [0.5, 0.6) is 11.5 Å². The zero-order valence-electron chi connectivity index (χ0n) is 39.1. The second-order valence-corrected chi connectivity index (χ2v) is 19.1. The molecule has 0 N–H and O–H groups in total. The highest BCUT2D eigenvalue weighted by molar-refractivity contribution is 6.06. The van der Waals surface area contributed by atoms with E-state index >= 15 is 0 Å². The van der Waals surface area contributed by atoms with Crippen LogP contribution >= 0.6 is 0 Å². The summed E-state index contributed by atoms with van der Waals surface area (Å²) in [7, 11) is 0. The van der Waals surface area contributed by atoms with Crippen molar-refractivity contribution < 1.29 is 9.15 Å². The molecular formula is C69H43NO2. The molecule has 0 radical (unpaired) electrons. The number of fused-ring (bicyclic) bond motifs is 16. The number of rotatable bonds is 6. The zero-order valence-corrected chi connectivity index (χ0v) is 39.1. The van der Waals surface area contributed by atoms with Crippen molar-refractivity contribution in [2.24, 2.45) is 0 Å². The van der Waals surface area contributed by atoms with Crippen molar-refractivity contribution in [2.45, 2.75) is 5.41 Å². The molecule has 0 unspecified atom stereocenters. The molecule has 0 amide bonds. The Labute approximate surface area is 417 Å². The molecule has 1 aliphatic carbocycles. The van der Waals surface area contributed by atoms with E-state index in [0.29, 0.717) is 0 Å². The summed E-state index contributed by atoms with van der Waals surface area (Å²) < 4.78 is 13.5. The fourth-order valence-electron chi connectivity index (χ4n) is 12.0. The Morgan fingerprint density at radius 2 is 0.792 bits per heavy atom. The van der Waals surface area contributed by atoms with Crippen molar-refractivity contribution in [3.8, 4) is 56.0 Å². The van der Waals surface area contributed by atoms with Crippen LogP contribution in [-0.2, 0) is 5.41 Å². The Balaban J connectivity index is 0.887. The molecule has 3 heteroatoms. The van der Waals surface area contributed by atoms with Crippen LogP contribution in [0.2, 0.25) is 0 Å². The van der Waals surface area contributed by atoms with E-state index in [1.807, 2.05) is 12.1 Å². The first-order valence-electron chi connectivity index (χ1n) is 24.7. The van der Waals surface area contributed by atoms with E-state index in [4.69, 9.17) is 9.15 Å². The second kappa shape index (κ2) is 15.8. The number of para-hydroxylation sites is 1. The lowest BCUT2D eigenvalue weighted by atomic mass is 9.65. The Kier molecular flexibility index (Phi) is 8.87. The quantitative estimate of drug-likeness (QED) is 0.166. The van der Waals surface area contributed by atoms with Gasteiger partial charge in [-0.25, -0.2) is 0 Å². The van der Waals surface area contributed by atoms with Crippen LogP contribution in [0.3, 0.4) is 0 Å². The molecule has 12 aromatic carbocycles. The maximum atomic E-state index is 7.25. The van der Waals surface area contributed by atoms with Crippen molar-refractivity contribution in [1.82, 2.24) is 0 Å². The third-order valence-electron chi connectivity index (χ3n) is 15.3. The Morgan fingerprint density at radius 3 is 1.51 bits per heavy atom. The van der Waals surface area contributed by atoms with Crippen LogP contribution in [0.25, 0.3) is 88.0 Å². The van der Waals surface area contributed by atoms with Gasteiger partial charge < -0.3 is 14.1 Å². The Morgan fingerprint density at radius 1 is 0.278 bits per heavy atom. The van der Waals surface area contributed by atoms with Crippen molar-refractivity contribution >= 4 is 60.5 Å². The average Bonchev–Trinajstić information content (AvgIpc) is 3.97. The van der Waals surface area contributed by atoms with Gasteiger partial charge in [0.15, 0.2) is 0 Å². The Bertz CT molecular complexity index is 4220. The van der Waals surface area contributed by atoms with Crippen molar-refractivity contribution in [3.05, 3.63) is 283 Å². The van der Waals surface area contributed by atoms with E-state index in [9.17, 15) is 0 Å². The monoisotopic (exact) mass is 917 g/mol. The van der Waals surface area contributed by atoms with Crippen molar-refractivity contribution in [3.63, 3.8) is 0 Å². The van der Waals surface area contributed by atoms with Crippen LogP contribution in [0.1, 0.15) is 22.3 Å². The molecule has 1 aliphatic heterocycles. The van der Waals surface area contributed by atoms with E-state index in [1.165, 1.54) is 33.4 Å². The standard InChI is InChI=1S/C69H43NO2/c1-2-13-44(14-3-1)45-25-33-52(34-26-45)70(53-35-27-46(28-36-53)51-30-38-60-59-22-9-11-24-65(59)71-66(60)43-51)54-18-12-17-49(41-54)50-29-37-58-57-21-8-10-23-61(57)69(64(58)42-50)62-39-31-47-15-4-6-19-55(47)67(62)72-68-56-20-7-5-16-48(56)32-40-63(68)69/h1-43H. The van der Waals surface area contributed by atoms with Gasteiger partial charge in [-0.05, 0) is 127 Å². The van der Waals surface area contributed by atoms with Gasteiger partial charge in [-0.3, -0.25) is 0 Å². The van der Waals surface area contributed by atoms with Gasteiger partial charge in [0.05, 0.1) is 5.41 Å². The molecule has 0 fully saturated rings. The van der Waals surface area contributed by atoms with E-state index < -0.39 is 5.41 Å². The van der Waals surface area contributed by atoms with Gasteiger partial charge in [-0.2, -0.15) is 0 Å². The molecule has 1 aromatic heterocycles. The van der Waals surface area contributed by atoms with Gasteiger partial charge in [0.25, 0.3) is 0 Å². The fourth-order valence-corrected chi connectivity index (χ4v) is 12.0. The molecule has 336 valence electrons. The molecule has 0 saturated heterocycles. The molecule has 2 aliphatic rings. The molecule has 2 heterocycles. The lowest BCUT2D eigenvalue weighted by Crippen LogP contribution is -2.32. The van der Waals surface area contributed by atoms with Crippen LogP contribution in [0.15, 0.2) is 265 Å². The summed E-state index contributed by atoms with van der Waals surface area (Å²) in [5, 5.41) is 6.80. The zero-order chi connectivity index (χ0) is 47.3. The first-order valence-corrected chi connectivity index (χ1v) is 24.7. The van der Waals surface area contributed by atoms with Crippen molar-refractivity contribution in [1.29, 1.82) is 0 Å². The first-order chi connectivity index (χ1) is 35.7. The van der Waals surface area contributed by atoms with Crippen molar-refractivity contribution in [2.75, 3.05) is 4.90 Å². The molecular weight excluding hydrogens is 875 g/mol. The fraction of sp³-hybridized carbons (Fsp3) is 0.0145. The minimum Gasteiger partial charge on any atom is -0.456 e. The summed E-state index contributed by atoms with van der Waals surface area (Å²) in [5.41, 5.74) is 18.6. The largest absolute Gasteiger partial charge is 0.456 e. The molecule has 1 spiro atoms. The minimum atomic E-state index is -0.639. The molecule has 0 saturated carbocycles. The second-order valence-electron chi connectivity index (χ2n) is 19.1. The number of hydrogen-bond donors (Lipinski definition) is 0. The minimum absolute atomic E-state index is 0.639. The summed E-state index contributed by atoms with van der Waals surface area (Å²) >= 11 is 0. The highest BCUT2D eigenvalue weighted by Gasteiger charge is 2.52. The number of anilines is 3. The van der Waals surface area contributed by atoms with Crippen LogP contribution < -0.4 is 9.64 Å². The Hall–Kier alpha value is -9.44. The van der Waals surface area contributed by atoms with Gasteiger partial charge in [0.2, 0.25) is 0 Å².